The highest BCUT2D eigenvalue weighted by Gasteiger charge is 2.17. The van der Waals surface area contributed by atoms with Crippen molar-refractivity contribution in [3.63, 3.8) is 0 Å². The number of hydrogen-bond acceptors (Lipinski definition) is 4. The van der Waals surface area contributed by atoms with Gasteiger partial charge in [0.15, 0.2) is 0 Å². The van der Waals surface area contributed by atoms with Crippen molar-refractivity contribution in [1.29, 1.82) is 0 Å². The number of rotatable bonds is 7. The lowest BCUT2D eigenvalue weighted by molar-refractivity contribution is -0.122. The summed E-state index contributed by atoms with van der Waals surface area (Å²) in [6.45, 7) is 4.37. The molecule has 0 aliphatic heterocycles. The van der Waals surface area contributed by atoms with Crippen molar-refractivity contribution in [2.75, 3.05) is 6.54 Å². The molecule has 0 unspecified atom stereocenters. The summed E-state index contributed by atoms with van der Waals surface area (Å²) in [5, 5.41) is 9.40. The second-order valence-corrected chi connectivity index (χ2v) is 5.69. The molecule has 2 amide bonds. The second-order valence-electron chi connectivity index (χ2n) is 5.69. The van der Waals surface area contributed by atoms with Gasteiger partial charge in [0.25, 0.3) is 11.5 Å². The summed E-state index contributed by atoms with van der Waals surface area (Å²) >= 11 is 0. The minimum Gasteiger partial charge on any atom is -0.354 e. The first-order valence-electron chi connectivity index (χ1n) is 8.22. The molecule has 2 N–H and O–H groups in total. The number of aromatic nitrogens is 2. The van der Waals surface area contributed by atoms with E-state index in [2.05, 4.69) is 15.7 Å². The largest absolute Gasteiger partial charge is 0.354 e. The number of carbonyl (C=O) groups is 2. The molecule has 0 bridgehead atoms. The van der Waals surface area contributed by atoms with E-state index in [1.165, 1.54) is 16.8 Å². The normalized spacial score (nSPS) is 11.6. The SMILES string of the molecule is CCCNC(=O)[C@@H](C)NC(=O)c1ccc(=O)n(Cc2ccccc2)n1. The molecule has 7 nitrogen and oxygen atoms in total. The second kappa shape index (κ2) is 8.77. The van der Waals surface area contributed by atoms with Gasteiger partial charge >= 0.3 is 0 Å². The van der Waals surface area contributed by atoms with Gasteiger partial charge in [-0.3, -0.25) is 14.4 Å². The van der Waals surface area contributed by atoms with Gasteiger partial charge in [-0.15, -0.1) is 0 Å². The zero-order valence-corrected chi connectivity index (χ0v) is 14.4. The Morgan fingerprint density at radius 3 is 2.56 bits per heavy atom. The maximum absolute atomic E-state index is 12.3. The average Bonchev–Trinajstić information content (AvgIpc) is 2.62. The van der Waals surface area contributed by atoms with Crippen LogP contribution in [0.25, 0.3) is 0 Å². The van der Waals surface area contributed by atoms with Crippen molar-refractivity contribution >= 4 is 11.8 Å². The summed E-state index contributed by atoms with van der Waals surface area (Å²) in [4.78, 5) is 36.1. The van der Waals surface area contributed by atoms with E-state index in [9.17, 15) is 14.4 Å². The molecule has 25 heavy (non-hydrogen) atoms. The van der Waals surface area contributed by atoms with Crippen LogP contribution in [0.5, 0.6) is 0 Å². The van der Waals surface area contributed by atoms with Gasteiger partial charge in [-0.25, -0.2) is 4.68 Å². The first-order chi connectivity index (χ1) is 12.0. The van der Waals surface area contributed by atoms with Crippen LogP contribution < -0.4 is 16.2 Å². The van der Waals surface area contributed by atoms with Crippen molar-refractivity contribution in [3.05, 3.63) is 64.1 Å². The Morgan fingerprint density at radius 2 is 1.88 bits per heavy atom. The van der Waals surface area contributed by atoms with Gasteiger partial charge in [-0.05, 0) is 25.0 Å². The molecule has 1 atom stereocenters. The number of benzene rings is 1. The lowest BCUT2D eigenvalue weighted by Crippen LogP contribution is -2.45. The highest BCUT2D eigenvalue weighted by molar-refractivity contribution is 5.95. The van der Waals surface area contributed by atoms with E-state index in [1.807, 2.05) is 37.3 Å². The Balaban J connectivity index is 2.09. The number of nitrogens with zero attached hydrogens (tertiary/aromatic N) is 2. The summed E-state index contributed by atoms with van der Waals surface area (Å²) in [6.07, 6.45) is 0.818. The predicted molar refractivity (Wildman–Crippen MR) is 94.3 cm³/mol. The molecule has 7 heteroatoms. The van der Waals surface area contributed by atoms with Crippen LogP contribution >= 0.6 is 0 Å². The van der Waals surface area contributed by atoms with E-state index in [0.29, 0.717) is 6.54 Å². The fourth-order valence-corrected chi connectivity index (χ4v) is 2.18. The first-order valence-corrected chi connectivity index (χ1v) is 8.22. The molecule has 1 aromatic heterocycles. The Labute approximate surface area is 146 Å². The Bertz CT molecular complexity index is 786. The van der Waals surface area contributed by atoms with E-state index in [4.69, 9.17) is 0 Å². The zero-order valence-electron chi connectivity index (χ0n) is 14.4. The van der Waals surface area contributed by atoms with Gasteiger partial charge in [0, 0.05) is 12.6 Å². The third kappa shape index (κ3) is 5.27. The molecule has 0 saturated carbocycles. The van der Waals surface area contributed by atoms with E-state index in [1.54, 1.807) is 6.92 Å². The smallest absolute Gasteiger partial charge is 0.272 e. The number of hydrogen-bond donors (Lipinski definition) is 2. The van der Waals surface area contributed by atoms with Crippen LogP contribution in [0.3, 0.4) is 0 Å². The fourth-order valence-electron chi connectivity index (χ4n) is 2.18. The molecule has 0 saturated heterocycles. The standard InChI is InChI=1S/C18H22N4O3/c1-3-11-19-17(24)13(2)20-18(25)15-9-10-16(23)22(21-15)12-14-7-5-4-6-8-14/h4-10,13H,3,11-12H2,1-2H3,(H,19,24)(H,20,25)/t13-/m1/s1. The van der Waals surface area contributed by atoms with Crippen molar-refractivity contribution in [3.8, 4) is 0 Å². The number of nitrogens with one attached hydrogen (secondary N) is 2. The molecule has 0 radical (unpaired) electrons. The fraction of sp³-hybridized carbons (Fsp3) is 0.333. The lowest BCUT2D eigenvalue weighted by atomic mass is 10.2. The number of amides is 2. The van der Waals surface area contributed by atoms with Crippen LogP contribution in [-0.2, 0) is 11.3 Å². The van der Waals surface area contributed by atoms with E-state index >= 15 is 0 Å². The zero-order chi connectivity index (χ0) is 18.2. The van der Waals surface area contributed by atoms with Crippen LogP contribution in [0, 0.1) is 0 Å². The molecule has 2 rings (SSSR count). The summed E-state index contributed by atoms with van der Waals surface area (Å²) < 4.78 is 1.23. The summed E-state index contributed by atoms with van der Waals surface area (Å²) in [5.74, 6) is -0.756. The molecule has 2 aromatic rings. The van der Waals surface area contributed by atoms with Crippen LogP contribution in [-0.4, -0.2) is 34.2 Å². The van der Waals surface area contributed by atoms with Crippen molar-refractivity contribution in [2.45, 2.75) is 32.9 Å². The minimum absolute atomic E-state index is 0.0886. The topological polar surface area (TPSA) is 93.1 Å². The van der Waals surface area contributed by atoms with Crippen LogP contribution in [0.1, 0.15) is 36.3 Å². The molecular weight excluding hydrogens is 320 g/mol. The van der Waals surface area contributed by atoms with Gasteiger partial charge in [0.05, 0.1) is 6.54 Å². The van der Waals surface area contributed by atoms with Crippen LogP contribution in [0.15, 0.2) is 47.3 Å². The molecule has 1 aromatic carbocycles. The molecule has 0 aliphatic carbocycles. The molecule has 0 fully saturated rings. The van der Waals surface area contributed by atoms with E-state index in [-0.39, 0.29) is 23.7 Å². The van der Waals surface area contributed by atoms with Crippen molar-refractivity contribution in [2.24, 2.45) is 0 Å². The van der Waals surface area contributed by atoms with Crippen LogP contribution in [0.2, 0.25) is 0 Å². The van der Waals surface area contributed by atoms with E-state index < -0.39 is 11.9 Å². The van der Waals surface area contributed by atoms with Gasteiger partial charge in [0.1, 0.15) is 11.7 Å². The monoisotopic (exact) mass is 342 g/mol. The molecular formula is C18H22N4O3. The van der Waals surface area contributed by atoms with Crippen molar-refractivity contribution in [1.82, 2.24) is 20.4 Å². The summed E-state index contributed by atoms with van der Waals surface area (Å²) in [6, 6.07) is 11.3. The quantitative estimate of drug-likeness (QED) is 0.783. The Hall–Kier alpha value is -2.96. The maximum atomic E-state index is 12.3. The van der Waals surface area contributed by atoms with E-state index in [0.717, 1.165) is 12.0 Å². The Kier molecular flexibility index (Phi) is 6.45. The van der Waals surface area contributed by atoms with Gasteiger partial charge in [0.2, 0.25) is 5.91 Å². The predicted octanol–water partition coefficient (Wildman–Crippen LogP) is 0.936. The molecule has 132 valence electrons. The lowest BCUT2D eigenvalue weighted by Gasteiger charge is -2.14. The third-order valence-corrected chi connectivity index (χ3v) is 3.56. The minimum atomic E-state index is -0.685. The van der Waals surface area contributed by atoms with Gasteiger partial charge in [-0.2, -0.15) is 5.10 Å². The summed E-state index contributed by atoms with van der Waals surface area (Å²) in [7, 11) is 0. The average molecular weight is 342 g/mol. The maximum Gasteiger partial charge on any atom is 0.272 e. The van der Waals surface area contributed by atoms with Crippen molar-refractivity contribution < 1.29 is 9.59 Å². The highest BCUT2D eigenvalue weighted by atomic mass is 16.2. The molecule has 0 aliphatic rings. The number of carbonyl (C=O) groups excluding carboxylic acids is 2. The molecule has 0 spiro atoms. The van der Waals surface area contributed by atoms with Gasteiger partial charge in [-0.1, -0.05) is 37.3 Å². The van der Waals surface area contributed by atoms with Crippen LogP contribution in [0.4, 0.5) is 0 Å². The highest BCUT2D eigenvalue weighted by Crippen LogP contribution is 2.00. The third-order valence-electron chi connectivity index (χ3n) is 3.56. The van der Waals surface area contributed by atoms with Gasteiger partial charge < -0.3 is 10.6 Å². The first kappa shape index (κ1) is 18.4. The molecule has 1 heterocycles. The Morgan fingerprint density at radius 1 is 1.16 bits per heavy atom. The summed E-state index contributed by atoms with van der Waals surface area (Å²) in [5.41, 5.74) is 0.696.